The Morgan fingerprint density at radius 1 is 1.38 bits per heavy atom. The highest BCUT2D eigenvalue weighted by atomic mass is 32.2. The number of nitrogens with zero attached hydrogens (tertiary/aromatic N) is 2. The Balaban J connectivity index is 1.94. The fourth-order valence-electron chi connectivity index (χ4n) is 3.48. The van der Waals surface area contributed by atoms with Crippen molar-refractivity contribution in [2.45, 2.75) is 38.3 Å². The molecule has 1 amide bonds. The van der Waals surface area contributed by atoms with Gasteiger partial charge in [0.1, 0.15) is 0 Å². The average Bonchev–Trinajstić information content (AvgIpc) is 2.78. The number of carbonyl (C=O) groups excluding carboxylic acids is 1. The molecule has 6 nitrogen and oxygen atoms in total. The number of sulfone groups is 1. The molecular formula is C14H27N3O3S. The lowest BCUT2D eigenvalue weighted by molar-refractivity contribution is -0.134. The zero-order valence-corrected chi connectivity index (χ0v) is 13.8. The van der Waals surface area contributed by atoms with Gasteiger partial charge < -0.3 is 10.6 Å². The summed E-state index contributed by atoms with van der Waals surface area (Å²) in [6.07, 6.45) is 2.80. The summed E-state index contributed by atoms with van der Waals surface area (Å²) in [6, 6.07) is 0.0875. The van der Waals surface area contributed by atoms with Crippen LogP contribution in [-0.2, 0) is 14.6 Å². The number of likely N-dealkylation sites (tertiary alicyclic amines) is 1. The number of hydrogen-bond acceptors (Lipinski definition) is 5. The number of hydrogen-bond donors (Lipinski definition) is 1. The summed E-state index contributed by atoms with van der Waals surface area (Å²) in [6.45, 7) is 3.99. The summed E-state index contributed by atoms with van der Waals surface area (Å²) in [4.78, 5) is 16.2. The molecule has 2 saturated heterocycles. The van der Waals surface area contributed by atoms with E-state index in [9.17, 15) is 13.2 Å². The van der Waals surface area contributed by atoms with E-state index >= 15 is 0 Å². The highest BCUT2D eigenvalue weighted by Crippen LogP contribution is 2.23. The third-order valence-corrected chi connectivity index (χ3v) is 6.71. The van der Waals surface area contributed by atoms with E-state index in [1.165, 1.54) is 0 Å². The molecule has 0 saturated carbocycles. The highest BCUT2D eigenvalue weighted by Gasteiger charge is 2.34. The molecular weight excluding hydrogens is 290 g/mol. The topological polar surface area (TPSA) is 83.7 Å². The summed E-state index contributed by atoms with van der Waals surface area (Å²) in [7, 11) is -1.24. The van der Waals surface area contributed by atoms with Crippen LogP contribution in [0.4, 0.5) is 0 Å². The Kier molecular flexibility index (Phi) is 5.27. The molecule has 21 heavy (non-hydrogen) atoms. The van der Waals surface area contributed by atoms with Crippen LogP contribution in [-0.4, -0.2) is 74.4 Å². The minimum Gasteiger partial charge on any atom is -0.341 e. The standard InChI is InChI=1S/C14H27N3O3S/c1-11-4-3-6-17(13(11)8-15)9-14(18)16(2)12-5-7-21(19,20)10-12/h11-13H,3-10,15H2,1-2H3. The maximum atomic E-state index is 12.4. The first-order chi connectivity index (χ1) is 9.84. The molecule has 122 valence electrons. The molecule has 2 fully saturated rings. The normalized spacial score (nSPS) is 33.0. The minimum atomic E-state index is -2.96. The van der Waals surface area contributed by atoms with Crippen LogP contribution in [0.3, 0.4) is 0 Å². The molecule has 2 heterocycles. The summed E-state index contributed by atoms with van der Waals surface area (Å²) >= 11 is 0. The van der Waals surface area contributed by atoms with Crippen molar-refractivity contribution in [1.29, 1.82) is 0 Å². The van der Waals surface area contributed by atoms with Crippen molar-refractivity contribution in [3.63, 3.8) is 0 Å². The summed E-state index contributed by atoms with van der Waals surface area (Å²) in [5, 5.41) is 0. The number of piperidine rings is 1. The fourth-order valence-corrected chi connectivity index (χ4v) is 5.26. The second-order valence-electron chi connectivity index (χ2n) is 6.45. The molecule has 0 aromatic rings. The molecule has 2 rings (SSSR count). The molecule has 7 heteroatoms. The molecule has 3 atom stereocenters. The van der Waals surface area contributed by atoms with Crippen LogP contribution in [0.1, 0.15) is 26.2 Å². The zero-order valence-electron chi connectivity index (χ0n) is 13.0. The number of carbonyl (C=O) groups is 1. The van der Waals surface area contributed by atoms with E-state index in [4.69, 9.17) is 5.73 Å². The second-order valence-corrected chi connectivity index (χ2v) is 8.68. The van der Waals surface area contributed by atoms with Gasteiger partial charge in [0.2, 0.25) is 5.91 Å². The van der Waals surface area contributed by atoms with Crippen molar-refractivity contribution < 1.29 is 13.2 Å². The van der Waals surface area contributed by atoms with Crippen molar-refractivity contribution in [2.75, 3.05) is 38.2 Å². The first-order valence-corrected chi connectivity index (χ1v) is 9.56. The maximum Gasteiger partial charge on any atom is 0.236 e. The largest absolute Gasteiger partial charge is 0.341 e. The van der Waals surface area contributed by atoms with E-state index in [0.29, 0.717) is 25.4 Å². The lowest BCUT2D eigenvalue weighted by Gasteiger charge is -2.40. The summed E-state index contributed by atoms with van der Waals surface area (Å²) in [5.41, 5.74) is 5.85. The number of nitrogens with two attached hydrogens (primary N) is 1. The molecule has 0 bridgehead atoms. The fraction of sp³-hybridized carbons (Fsp3) is 0.929. The van der Waals surface area contributed by atoms with Crippen LogP contribution in [0.2, 0.25) is 0 Å². The molecule has 0 aromatic heterocycles. The number of likely N-dealkylation sites (N-methyl/N-ethyl adjacent to an activating group) is 1. The van der Waals surface area contributed by atoms with Gasteiger partial charge >= 0.3 is 0 Å². The minimum absolute atomic E-state index is 0.00431. The van der Waals surface area contributed by atoms with Crippen molar-refractivity contribution in [3.8, 4) is 0 Å². The van der Waals surface area contributed by atoms with Crippen LogP contribution in [0.25, 0.3) is 0 Å². The van der Waals surface area contributed by atoms with Crippen molar-refractivity contribution in [3.05, 3.63) is 0 Å². The van der Waals surface area contributed by atoms with Gasteiger partial charge in [-0.3, -0.25) is 9.69 Å². The quantitative estimate of drug-likeness (QED) is 0.769. The van der Waals surface area contributed by atoms with Crippen LogP contribution in [0.15, 0.2) is 0 Å². The molecule has 0 aliphatic carbocycles. The number of rotatable bonds is 4. The lowest BCUT2D eigenvalue weighted by atomic mass is 9.91. The Labute approximate surface area is 127 Å². The highest BCUT2D eigenvalue weighted by molar-refractivity contribution is 7.91. The van der Waals surface area contributed by atoms with E-state index in [1.807, 2.05) is 0 Å². The predicted molar refractivity (Wildman–Crippen MR) is 82.6 cm³/mol. The van der Waals surface area contributed by atoms with E-state index in [2.05, 4.69) is 11.8 Å². The average molecular weight is 317 g/mol. The van der Waals surface area contributed by atoms with Gasteiger partial charge in [0.05, 0.1) is 18.1 Å². The molecule has 2 aliphatic rings. The maximum absolute atomic E-state index is 12.4. The van der Waals surface area contributed by atoms with E-state index < -0.39 is 9.84 Å². The smallest absolute Gasteiger partial charge is 0.236 e. The van der Waals surface area contributed by atoms with E-state index in [0.717, 1.165) is 19.4 Å². The van der Waals surface area contributed by atoms with E-state index in [1.54, 1.807) is 11.9 Å². The van der Waals surface area contributed by atoms with Gasteiger partial charge in [-0.2, -0.15) is 0 Å². The van der Waals surface area contributed by atoms with E-state index in [-0.39, 0.29) is 29.5 Å². The molecule has 3 unspecified atom stereocenters. The molecule has 0 radical (unpaired) electrons. The van der Waals surface area contributed by atoms with Gasteiger partial charge in [0.15, 0.2) is 9.84 Å². The lowest BCUT2D eigenvalue weighted by Crippen LogP contribution is -2.53. The van der Waals surface area contributed by atoms with Gasteiger partial charge in [-0.05, 0) is 31.7 Å². The van der Waals surface area contributed by atoms with Gasteiger partial charge in [-0.15, -0.1) is 0 Å². The Bertz CT molecular complexity index is 480. The van der Waals surface area contributed by atoms with Gasteiger partial charge in [0, 0.05) is 25.7 Å². The van der Waals surface area contributed by atoms with Crippen LogP contribution < -0.4 is 5.73 Å². The molecule has 0 aromatic carbocycles. The molecule has 0 spiro atoms. The summed E-state index contributed by atoms with van der Waals surface area (Å²) < 4.78 is 23.1. The Hall–Kier alpha value is -0.660. The van der Waals surface area contributed by atoms with Crippen molar-refractivity contribution in [1.82, 2.24) is 9.80 Å². The van der Waals surface area contributed by atoms with Crippen LogP contribution >= 0.6 is 0 Å². The van der Waals surface area contributed by atoms with Gasteiger partial charge in [0.25, 0.3) is 0 Å². The first kappa shape index (κ1) is 16.7. The predicted octanol–water partition coefficient (Wildman–Crippen LogP) is -0.309. The molecule has 2 N–H and O–H groups in total. The van der Waals surface area contributed by atoms with Gasteiger partial charge in [-0.1, -0.05) is 6.92 Å². The molecule has 2 aliphatic heterocycles. The SMILES string of the molecule is CC1CCCN(CC(=O)N(C)C2CCS(=O)(=O)C2)C1CN. The third kappa shape index (κ3) is 3.96. The van der Waals surface area contributed by atoms with Crippen molar-refractivity contribution >= 4 is 15.7 Å². The van der Waals surface area contributed by atoms with Gasteiger partial charge in [-0.25, -0.2) is 8.42 Å². The second kappa shape index (κ2) is 6.62. The van der Waals surface area contributed by atoms with Crippen LogP contribution in [0.5, 0.6) is 0 Å². The Morgan fingerprint density at radius 2 is 2.10 bits per heavy atom. The number of amides is 1. The zero-order chi connectivity index (χ0) is 15.6. The first-order valence-electron chi connectivity index (χ1n) is 7.74. The summed E-state index contributed by atoms with van der Waals surface area (Å²) in [5.74, 6) is 0.811. The monoisotopic (exact) mass is 317 g/mol. The third-order valence-electron chi connectivity index (χ3n) is 4.96. The van der Waals surface area contributed by atoms with Crippen molar-refractivity contribution in [2.24, 2.45) is 11.7 Å². The van der Waals surface area contributed by atoms with Crippen LogP contribution in [0, 0.1) is 5.92 Å². The Morgan fingerprint density at radius 3 is 2.67 bits per heavy atom.